The van der Waals surface area contributed by atoms with E-state index in [1.165, 1.54) is 0 Å². The summed E-state index contributed by atoms with van der Waals surface area (Å²) < 4.78 is 0. The summed E-state index contributed by atoms with van der Waals surface area (Å²) in [5, 5.41) is 8.68. The van der Waals surface area contributed by atoms with Gasteiger partial charge >= 0.3 is 0 Å². The molecule has 0 unspecified atom stereocenters. The number of nitrogens with zero attached hydrogens (tertiary/aromatic N) is 1. The molecule has 9 heteroatoms. The van der Waals surface area contributed by atoms with E-state index in [4.69, 9.17) is 16.3 Å². The Morgan fingerprint density at radius 2 is 1.56 bits per heavy atom. The summed E-state index contributed by atoms with van der Waals surface area (Å²) in [4.78, 5) is 34.4. The van der Waals surface area contributed by atoms with E-state index < -0.39 is 12.3 Å². The number of hydrogen-bond acceptors (Lipinski definition) is 7. The maximum absolute atomic E-state index is 14.0. The lowest BCUT2D eigenvalue weighted by Crippen LogP contribution is -2.50. The Kier molecular flexibility index (Phi) is 10.5. The third kappa shape index (κ3) is 8.25. The summed E-state index contributed by atoms with van der Waals surface area (Å²) in [6.45, 7) is 1.71. The SMILES string of the molecule is NC(N)NOCC[C@@H]1N[C@H](CNC(=O)c2ccc3ccccc3c2)CCN(CC(c2ccccc2)c2ccccc2)C1=O. The first-order valence-electron chi connectivity index (χ1n) is 14.8. The minimum Gasteiger partial charge on any atom is -0.350 e. The fourth-order valence-electron chi connectivity index (χ4n) is 5.61. The quantitative estimate of drug-likeness (QED) is 0.0988. The van der Waals surface area contributed by atoms with E-state index in [1.54, 1.807) is 0 Å². The first-order chi connectivity index (χ1) is 21.0. The molecule has 5 rings (SSSR count). The molecule has 43 heavy (non-hydrogen) atoms. The van der Waals surface area contributed by atoms with Crippen molar-refractivity contribution in [1.29, 1.82) is 0 Å². The van der Waals surface area contributed by atoms with Crippen LogP contribution < -0.4 is 27.6 Å². The number of hydrogen-bond donors (Lipinski definition) is 5. The number of nitrogens with two attached hydrogens (primary N) is 2. The molecule has 0 spiro atoms. The molecule has 7 N–H and O–H groups in total. The minimum absolute atomic E-state index is 0.000801. The van der Waals surface area contributed by atoms with Crippen molar-refractivity contribution in [3.8, 4) is 0 Å². The van der Waals surface area contributed by atoms with Gasteiger partial charge in [0.15, 0.2) is 0 Å². The van der Waals surface area contributed by atoms with E-state index >= 15 is 0 Å². The number of hydroxylamine groups is 1. The molecule has 0 aliphatic carbocycles. The van der Waals surface area contributed by atoms with Crippen molar-refractivity contribution in [3.63, 3.8) is 0 Å². The van der Waals surface area contributed by atoms with Gasteiger partial charge < -0.3 is 27.0 Å². The van der Waals surface area contributed by atoms with E-state index in [2.05, 4.69) is 40.4 Å². The van der Waals surface area contributed by atoms with Crippen molar-refractivity contribution >= 4 is 22.6 Å². The van der Waals surface area contributed by atoms with Gasteiger partial charge in [-0.1, -0.05) is 91.0 Å². The van der Waals surface area contributed by atoms with Gasteiger partial charge in [-0.15, -0.1) is 0 Å². The second kappa shape index (κ2) is 14.9. The number of nitrogens with one attached hydrogen (secondary N) is 3. The number of rotatable bonds is 12. The average Bonchev–Trinajstić information content (AvgIpc) is 3.19. The van der Waals surface area contributed by atoms with E-state index in [9.17, 15) is 9.59 Å². The van der Waals surface area contributed by atoms with Crippen molar-refractivity contribution in [2.75, 3.05) is 26.2 Å². The first kappa shape index (κ1) is 30.3. The molecule has 2 atom stereocenters. The Hall–Kier alpha value is -4.12. The summed E-state index contributed by atoms with van der Waals surface area (Å²) in [5.41, 5.74) is 16.5. The summed E-state index contributed by atoms with van der Waals surface area (Å²) in [5.74, 6) is -0.126. The highest BCUT2D eigenvalue weighted by atomic mass is 16.6. The molecule has 0 saturated carbocycles. The van der Waals surface area contributed by atoms with Crippen LogP contribution in [0, 0.1) is 0 Å². The standard InChI is InChI=1S/C34H40N6O3/c35-34(36)39-43-20-18-31-33(42)40(23-30(25-10-3-1-4-11-25)26-12-5-2-6-13-26)19-17-29(38-31)22-37-32(41)28-16-15-24-9-7-8-14-27(24)21-28/h1-16,21,29-31,34,38-39H,17-20,22-23,35-36H2,(H,37,41)/t29-,31-/m0/s1. The molecule has 0 bridgehead atoms. The predicted octanol–water partition coefficient (Wildman–Crippen LogP) is 3.07. The molecular weight excluding hydrogens is 540 g/mol. The maximum Gasteiger partial charge on any atom is 0.251 e. The number of fused-ring (bicyclic) bond motifs is 1. The first-order valence-corrected chi connectivity index (χ1v) is 14.8. The summed E-state index contributed by atoms with van der Waals surface area (Å²) in [7, 11) is 0. The lowest BCUT2D eigenvalue weighted by atomic mass is 9.90. The van der Waals surface area contributed by atoms with Crippen LogP contribution in [-0.4, -0.2) is 61.3 Å². The molecule has 9 nitrogen and oxygen atoms in total. The van der Waals surface area contributed by atoms with E-state index in [-0.39, 0.29) is 30.4 Å². The molecule has 1 saturated heterocycles. The Labute approximate surface area is 252 Å². The molecule has 2 amide bonds. The highest BCUT2D eigenvalue weighted by molar-refractivity contribution is 5.98. The van der Waals surface area contributed by atoms with Crippen LogP contribution in [0.2, 0.25) is 0 Å². The van der Waals surface area contributed by atoms with Crippen molar-refractivity contribution in [2.24, 2.45) is 11.5 Å². The number of carbonyl (C=O) groups is 2. The third-order valence-corrected chi connectivity index (χ3v) is 7.85. The van der Waals surface area contributed by atoms with Crippen molar-refractivity contribution < 1.29 is 14.4 Å². The highest BCUT2D eigenvalue weighted by Gasteiger charge is 2.32. The molecular formula is C34H40N6O3. The number of benzene rings is 4. The van der Waals surface area contributed by atoms with Gasteiger partial charge in [-0.25, -0.2) is 0 Å². The molecule has 224 valence electrons. The van der Waals surface area contributed by atoms with E-state index in [0.717, 1.165) is 21.9 Å². The van der Waals surface area contributed by atoms with E-state index in [1.807, 2.05) is 83.8 Å². The molecule has 0 aromatic heterocycles. The maximum atomic E-state index is 14.0. The Morgan fingerprint density at radius 1 is 0.907 bits per heavy atom. The van der Waals surface area contributed by atoms with Gasteiger partial charge in [0, 0.05) is 37.2 Å². The predicted molar refractivity (Wildman–Crippen MR) is 169 cm³/mol. The lowest BCUT2D eigenvalue weighted by molar-refractivity contribution is -0.133. The largest absolute Gasteiger partial charge is 0.350 e. The third-order valence-electron chi connectivity index (χ3n) is 7.85. The van der Waals surface area contributed by atoms with Crippen molar-refractivity contribution in [1.82, 2.24) is 21.0 Å². The normalized spacial score (nSPS) is 17.4. The van der Waals surface area contributed by atoms with Crippen LogP contribution in [-0.2, 0) is 9.63 Å². The molecule has 0 radical (unpaired) electrons. The fraction of sp³-hybridized carbons (Fsp3) is 0.294. The summed E-state index contributed by atoms with van der Waals surface area (Å²) in [6, 6.07) is 33.6. The van der Waals surface area contributed by atoms with Crippen LogP contribution in [0.3, 0.4) is 0 Å². The lowest BCUT2D eigenvalue weighted by Gasteiger charge is -2.29. The highest BCUT2D eigenvalue weighted by Crippen LogP contribution is 2.27. The van der Waals surface area contributed by atoms with Gasteiger partial charge in [-0.05, 0) is 46.9 Å². The zero-order valence-electron chi connectivity index (χ0n) is 24.2. The smallest absolute Gasteiger partial charge is 0.251 e. The van der Waals surface area contributed by atoms with Crippen molar-refractivity contribution in [3.05, 3.63) is 120 Å². The monoisotopic (exact) mass is 580 g/mol. The summed E-state index contributed by atoms with van der Waals surface area (Å²) >= 11 is 0. The minimum atomic E-state index is -0.815. The van der Waals surface area contributed by atoms with Gasteiger partial charge in [0.05, 0.1) is 12.6 Å². The van der Waals surface area contributed by atoms with Crippen molar-refractivity contribution in [2.45, 2.75) is 37.1 Å². The van der Waals surface area contributed by atoms with Crippen LogP contribution >= 0.6 is 0 Å². The van der Waals surface area contributed by atoms with Crippen LogP contribution in [0.1, 0.15) is 40.2 Å². The Balaban J connectivity index is 1.30. The van der Waals surface area contributed by atoms with Crippen LogP contribution in [0.15, 0.2) is 103 Å². The average molecular weight is 581 g/mol. The van der Waals surface area contributed by atoms with Gasteiger partial charge in [-0.3, -0.25) is 14.4 Å². The molecule has 4 aromatic rings. The number of amides is 2. The molecule has 1 fully saturated rings. The van der Waals surface area contributed by atoms with Gasteiger partial charge in [0.1, 0.15) is 6.29 Å². The van der Waals surface area contributed by atoms with Crippen LogP contribution in [0.25, 0.3) is 10.8 Å². The molecule has 4 aromatic carbocycles. The van der Waals surface area contributed by atoms with Gasteiger partial charge in [0.25, 0.3) is 5.91 Å². The van der Waals surface area contributed by atoms with Gasteiger partial charge in [-0.2, -0.15) is 5.48 Å². The van der Waals surface area contributed by atoms with E-state index in [0.29, 0.717) is 38.0 Å². The van der Waals surface area contributed by atoms with Gasteiger partial charge in [0.2, 0.25) is 5.91 Å². The zero-order valence-corrected chi connectivity index (χ0v) is 24.2. The fourth-order valence-corrected chi connectivity index (χ4v) is 5.61. The molecule has 1 heterocycles. The van der Waals surface area contributed by atoms with Crippen LogP contribution in [0.5, 0.6) is 0 Å². The second-order valence-corrected chi connectivity index (χ2v) is 10.9. The number of carbonyl (C=O) groups excluding carboxylic acids is 2. The Morgan fingerprint density at radius 3 is 2.23 bits per heavy atom. The molecule has 1 aliphatic heterocycles. The molecule has 1 aliphatic rings. The Bertz CT molecular complexity index is 1440. The summed E-state index contributed by atoms with van der Waals surface area (Å²) in [6.07, 6.45) is 0.277. The second-order valence-electron chi connectivity index (χ2n) is 10.9. The van der Waals surface area contributed by atoms with Crippen LogP contribution in [0.4, 0.5) is 0 Å². The zero-order chi connectivity index (χ0) is 30.0. The topological polar surface area (TPSA) is 135 Å².